The summed E-state index contributed by atoms with van der Waals surface area (Å²) in [5.74, 6) is 0.495. The van der Waals surface area contributed by atoms with Gasteiger partial charge in [-0.05, 0) is 30.9 Å². The lowest BCUT2D eigenvalue weighted by Crippen LogP contribution is -2.30. The number of aryl methyl sites for hydroxylation is 2. The molecule has 26 heavy (non-hydrogen) atoms. The van der Waals surface area contributed by atoms with Crippen LogP contribution in [0.2, 0.25) is 0 Å². The van der Waals surface area contributed by atoms with Gasteiger partial charge in [-0.3, -0.25) is 9.59 Å². The minimum Gasteiger partial charge on any atom is -0.383 e. The van der Waals surface area contributed by atoms with Crippen LogP contribution in [-0.4, -0.2) is 49.1 Å². The SMILES string of the molecule is COCCN1C[C@@H](CNCc2cc(=O)c3c(C)ccc(C)c3[nH]2)CC1=O. The Morgan fingerprint density at radius 1 is 1.27 bits per heavy atom. The van der Waals surface area contributed by atoms with Gasteiger partial charge in [0.1, 0.15) is 0 Å². The first-order valence-corrected chi connectivity index (χ1v) is 9.09. The molecule has 6 heteroatoms. The fourth-order valence-electron chi connectivity index (χ4n) is 3.63. The molecule has 1 saturated heterocycles. The van der Waals surface area contributed by atoms with Gasteiger partial charge >= 0.3 is 0 Å². The number of aromatic amines is 1. The summed E-state index contributed by atoms with van der Waals surface area (Å²) in [4.78, 5) is 29.7. The predicted octanol–water partition coefficient (Wildman–Crippen LogP) is 1.73. The molecule has 1 atom stereocenters. The van der Waals surface area contributed by atoms with Crippen LogP contribution >= 0.6 is 0 Å². The van der Waals surface area contributed by atoms with Crippen molar-refractivity contribution < 1.29 is 9.53 Å². The molecule has 1 aliphatic rings. The number of methoxy groups -OCH3 is 1. The highest BCUT2D eigenvalue weighted by atomic mass is 16.5. The van der Waals surface area contributed by atoms with Crippen LogP contribution in [0.15, 0.2) is 23.0 Å². The first-order chi connectivity index (χ1) is 12.5. The number of carbonyl (C=O) groups excluding carboxylic acids is 1. The van der Waals surface area contributed by atoms with E-state index in [1.807, 2.05) is 30.9 Å². The summed E-state index contributed by atoms with van der Waals surface area (Å²) in [5.41, 5.74) is 3.90. The van der Waals surface area contributed by atoms with E-state index < -0.39 is 0 Å². The Morgan fingerprint density at radius 3 is 2.81 bits per heavy atom. The van der Waals surface area contributed by atoms with Crippen LogP contribution in [0.3, 0.4) is 0 Å². The summed E-state index contributed by atoms with van der Waals surface area (Å²) >= 11 is 0. The molecule has 1 amide bonds. The number of hydrogen-bond donors (Lipinski definition) is 2. The molecule has 6 nitrogen and oxygen atoms in total. The van der Waals surface area contributed by atoms with E-state index in [1.54, 1.807) is 13.2 Å². The number of aromatic nitrogens is 1. The minimum absolute atomic E-state index is 0.0542. The standard InChI is InChI=1S/C20H27N3O3/c1-13-4-5-14(2)20-19(13)17(24)9-16(22-20)11-21-10-15-8-18(25)23(12-15)6-7-26-3/h4-5,9,15,21H,6-8,10-12H2,1-3H3,(H,22,24)/t15-/m1/s1. The fraction of sp³-hybridized carbons (Fsp3) is 0.500. The molecule has 0 bridgehead atoms. The maximum absolute atomic E-state index is 12.5. The molecule has 3 rings (SSSR count). The number of pyridine rings is 1. The molecule has 0 aliphatic carbocycles. The van der Waals surface area contributed by atoms with Crippen LogP contribution < -0.4 is 10.7 Å². The lowest BCUT2D eigenvalue weighted by molar-refractivity contribution is -0.128. The topological polar surface area (TPSA) is 74.4 Å². The summed E-state index contributed by atoms with van der Waals surface area (Å²) in [6.07, 6.45) is 0.573. The molecule has 140 valence electrons. The van der Waals surface area contributed by atoms with Gasteiger partial charge in [0.2, 0.25) is 5.91 Å². The molecule has 2 aromatic rings. The Kier molecular flexibility index (Phi) is 5.74. The number of carbonyl (C=O) groups is 1. The predicted molar refractivity (Wildman–Crippen MR) is 102 cm³/mol. The van der Waals surface area contributed by atoms with Crippen molar-refractivity contribution in [2.45, 2.75) is 26.8 Å². The minimum atomic E-state index is 0.0542. The molecule has 2 N–H and O–H groups in total. The van der Waals surface area contributed by atoms with Crippen molar-refractivity contribution in [3.05, 3.63) is 45.2 Å². The van der Waals surface area contributed by atoms with E-state index in [2.05, 4.69) is 10.3 Å². The molecule has 1 fully saturated rings. The number of hydrogen-bond acceptors (Lipinski definition) is 4. The summed E-state index contributed by atoms with van der Waals surface area (Å²) in [6.45, 7) is 7.30. The van der Waals surface area contributed by atoms with Crippen molar-refractivity contribution in [3.8, 4) is 0 Å². The van der Waals surface area contributed by atoms with Gasteiger partial charge in [-0.15, -0.1) is 0 Å². The highest BCUT2D eigenvalue weighted by Crippen LogP contribution is 2.18. The monoisotopic (exact) mass is 357 g/mol. The van der Waals surface area contributed by atoms with Crippen LogP contribution in [0.5, 0.6) is 0 Å². The molecule has 0 radical (unpaired) electrons. The van der Waals surface area contributed by atoms with E-state index in [9.17, 15) is 9.59 Å². The van der Waals surface area contributed by atoms with Crippen LogP contribution in [-0.2, 0) is 16.1 Å². The van der Waals surface area contributed by atoms with Crippen molar-refractivity contribution in [3.63, 3.8) is 0 Å². The molecule has 1 aromatic carbocycles. The lowest BCUT2D eigenvalue weighted by Gasteiger charge is -2.16. The fourth-order valence-corrected chi connectivity index (χ4v) is 3.63. The number of ether oxygens (including phenoxy) is 1. The largest absolute Gasteiger partial charge is 0.383 e. The van der Waals surface area contributed by atoms with Crippen molar-refractivity contribution in [2.75, 3.05) is 33.4 Å². The van der Waals surface area contributed by atoms with Gasteiger partial charge in [0.15, 0.2) is 5.43 Å². The van der Waals surface area contributed by atoms with Crippen LogP contribution in [0.4, 0.5) is 0 Å². The number of likely N-dealkylation sites (tertiary alicyclic amines) is 1. The average Bonchev–Trinajstić information content (AvgIpc) is 2.96. The van der Waals surface area contributed by atoms with Gasteiger partial charge in [-0.2, -0.15) is 0 Å². The number of nitrogens with one attached hydrogen (secondary N) is 2. The third-order valence-electron chi connectivity index (χ3n) is 5.07. The zero-order valence-electron chi connectivity index (χ0n) is 15.7. The Hall–Kier alpha value is -2.18. The molecular formula is C20H27N3O3. The van der Waals surface area contributed by atoms with Crippen molar-refractivity contribution >= 4 is 16.8 Å². The second kappa shape index (κ2) is 8.01. The summed E-state index contributed by atoms with van der Waals surface area (Å²) in [5, 5.41) is 4.15. The smallest absolute Gasteiger partial charge is 0.223 e. The molecule has 1 aliphatic heterocycles. The van der Waals surface area contributed by atoms with Gasteiger partial charge in [0.25, 0.3) is 0 Å². The highest BCUT2D eigenvalue weighted by molar-refractivity contribution is 5.84. The maximum atomic E-state index is 12.5. The van der Waals surface area contributed by atoms with Gasteiger partial charge in [-0.1, -0.05) is 12.1 Å². The molecule has 1 aromatic heterocycles. The van der Waals surface area contributed by atoms with E-state index in [4.69, 9.17) is 4.74 Å². The number of nitrogens with zero attached hydrogens (tertiary/aromatic N) is 1. The Labute approximate surface area is 153 Å². The third kappa shape index (κ3) is 3.97. The molecule has 0 saturated carbocycles. The van der Waals surface area contributed by atoms with E-state index in [1.165, 1.54) is 0 Å². The van der Waals surface area contributed by atoms with Gasteiger partial charge < -0.3 is 19.9 Å². The van der Waals surface area contributed by atoms with Gasteiger partial charge in [-0.25, -0.2) is 0 Å². The van der Waals surface area contributed by atoms with Crippen molar-refractivity contribution in [2.24, 2.45) is 5.92 Å². The normalized spacial score (nSPS) is 17.4. The van der Waals surface area contributed by atoms with Crippen molar-refractivity contribution in [1.29, 1.82) is 0 Å². The second-order valence-corrected chi connectivity index (χ2v) is 7.14. The van der Waals surface area contributed by atoms with E-state index in [0.29, 0.717) is 32.0 Å². The second-order valence-electron chi connectivity index (χ2n) is 7.14. The van der Waals surface area contributed by atoms with E-state index >= 15 is 0 Å². The van der Waals surface area contributed by atoms with Crippen LogP contribution in [0.25, 0.3) is 10.9 Å². The van der Waals surface area contributed by atoms with E-state index in [0.717, 1.165) is 40.8 Å². The summed E-state index contributed by atoms with van der Waals surface area (Å²) in [7, 11) is 1.65. The highest BCUT2D eigenvalue weighted by Gasteiger charge is 2.28. The molecule has 0 spiro atoms. The zero-order chi connectivity index (χ0) is 18.7. The summed E-state index contributed by atoms with van der Waals surface area (Å²) in [6, 6.07) is 5.69. The summed E-state index contributed by atoms with van der Waals surface area (Å²) < 4.78 is 5.05. The molecule has 0 unspecified atom stereocenters. The van der Waals surface area contributed by atoms with Gasteiger partial charge in [0.05, 0.1) is 12.1 Å². The number of amides is 1. The lowest BCUT2D eigenvalue weighted by atomic mass is 10.0. The number of rotatable bonds is 7. The first-order valence-electron chi connectivity index (χ1n) is 9.09. The zero-order valence-corrected chi connectivity index (χ0v) is 15.7. The Bertz CT molecular complexity index is 859. The number of H-pyrrole nitrogens is 1. The molecule has 2 heterocycles. The number of fused-ring (bicyclic) bond motifs is 1. The van der Waals surface area contributed by atoms with Crippen LogP contribution in [0, 0.1) is 19.8 Å². The number of benzene rings is 1. The Balaban J connectivity index is 1.62. The Morgan fingerprint density at radius 2 is 2.04 bits per heavy atom. The average molecular weight is 357 g/mol. The maximum Gasteiger partial charge on any atom is 0.223 e. The third-order valence-corrected chi connectivity index (χ3v) is 5.07. The quantitative estimate of drug-likeness (QED) is 0.791. The van der Waals surface area contributed by atoms with Crippen molar-refractivity contribution in [1.82, 2.24) is 15.2 Å². The van der Waals surface area contributed by atoms with Gasteiger partial charge in [0, 0.05) is 56.9 Å². The first kappa shape index (κ1) is 18.6. The van der Waals surface area contributed by atoms with Crippen LogP contribution in [0.1, 0.15) is 23.2 Å². The molecular weight excluding hydrogens is 330 g/mol. The van der Waals surface area contributed by atoms with E-state index in [-0.39, 0.29) is 11.3 Å².